The zero-order valence-electron chi connectivity index (χ0n) is 10.4. The van der Waals surface area contributed by atoms with Crippen molar-refractivity contribution in [3.05, 3.63) is 29.3 Å². The second kappa shape index (κ2) is 5.03. The van der Waals surface area contributed by atoms with Gasteiger partial charge in [0.05, 0.1) is 0 Å². The Labute approximate surface area is 115 Å². The molecule has 2 heterocycles. The second-order valence-corrected chi connectivity index (χ2v) is 6.97. The summed E-state index contributed by atoms with van der Waals surface area (Å²) in [4.78, 5) is 0. The fourth-order valence-corrected chi connectivity index (χ4v) is 3.42. The van der Waals surface area contributed by atoms with Crippen molar-refractivity contribution in [2.24, 2.45) is 0 Å². The van der Waals surface area contributed by atoms with E-state index in [0.29, 0.717) is 0 Å². The van der Waals surface area contributed by atoms with Crippen molar-refractivity contribution in [1.82, 2.24) is 9.78 Å². The summed E-state index contributed by atoms with van der Waals surface area (Å²) in [5.41, 5.74) is 0.203. The molecule has 0 saturated heterocycles. The lowest BCUT2D eigenvalue weighted by atomic mass is 10.3. The van der Waals surface area contributed by atoms with Gasteiger partial charge in [-0.15, -0.1) is 11.3 Å². The molecule has 0 aliphatic heterocycles. The van der Waals surface area contributed by atoms with Crippen LogP contribution in [0.3, 0.4) is 0 Å². The number of nitrogens with one attached hydrogen (secondary N) is 1. The fraction of sp³-hybridized carbons (Fsp3) is 0.273. The van der Waals surface area contributed by atoms with Crippen molar-refractivity contribution in [1.29, 1.82) is 5.26 Å². The summed E-state index contributed by atoms with van der Waals surface area (Å²) < 4.78 is 28.2. The number of hydrogen-bond acceptors (Lipinski definition) is 5. The molecule has 0 atom stereocenters. The van der Waals surface area contributed by atoms with Gasteiger partial charge in [0.15, 0.2) is 5.82 Å². The highest BCUT2D eigenvalue weighted by atomic mass is 32.2. The van der Waals surface area contributed by atoms with E-state index in [9.17, 15) is 8.42 Å². The first kappa shape index (κ1) is 13.6. The number of hydrogen-bond donors (Lipinski definition) is 1. The molecule has 2 aromatic heterocycles. The highest BCUT2D eigenvalue weighted by Crippen LogP contribution is 2.22. The Bertz CT molecular complexity index is 708. The quantitative estimate of drug-likeness (QED) is 0.936. The predicted molar refractivity (Wildman–Crippen MR) is 72.5 cm³/mol. The number of sulfonamides is 1. The van der Waals surface area contributed by atoms with Gasteiger partial charge < -0.3 is 0 Å². The summed E-state index contributed by atoms with van der Waals surface area (Å²) in [5, 5.41) is 14.8. The van der Waals surface area contributed by atoms with Crippen LogP contribution in [0.2, 0.25) is 0 Å². The van der Waals surface area contributed by atoms with E-state index in [1.54, 1.807) is 16.1 Å². The predicted octanol–water partition coefficient (Wildman–Crippen LogP) is 2.20. The van der Waals surface area contributed by atoms with Crippen LogP contribution in [-0.2, 0) is 10.0 Å². The first-order valence-corrected chi connectivity index (χ1v) is 7.86. The summed E-state index contributed by atoms with van der Waals surface area (Å²) in [6, 6.07) is 5.13. The molecule has 19 heavy (non-hydrogen) atoms. The standard InChI is InChI=1S/C11H12N4O2S2/c1-8(2)15-7-9(6-12)11(13-15)14-19(16,17)10-4-3-5-18-10/h3-5,7-8H,1-2H3,(H,13,14). The largest absolute Gasteiger partial charge is 0.272 e. The Balaban J connectivity index is 2.37. The maximum atomic E-state index is 12.1. The molecule has 0 aliphatic rings. The minimum absolute atomic E-state index is 0.0482. The van der Waals surface area contributed by atoms with Crippen molar-refractivity contribution < 1.29 is 8.42 Å². The average Bonchev–Trinajstić information content (AvgIpc) is 2.96. The Hall–Kier alpha value is -1.85. The molecule has 0 fully saturated rings. The molecule has 0 unspecified atom stereocenters. The highest BCUT2D eigenvalue weighted by Gasteiger charge is 2.20. The van der Waals surface area contributed by atoms with Crippen LogP contribution in [0.1, 0.15) is 25.5 Å². The third-order valence-corrected chi connectivity index (χ3v) is 5.11. The topological polar surface area (TPSA) is 87.8 Å². The smallest absolute Gasteiger partial charge is 0.267 e. The van der Waals surface area contributed by atoms with Gasteiger partial charge in [-0.2, -0.15) is 10.4 Å². The molecule has 100 valence electrons. The van der Waals surface area contributed by atoms with Gasteiger partial charge in [-0.05, 0) is 25.3 Å². The minimum atomic E-state index is -3.67. The highest BCUT2D eigenvalue weighted by molar-refractivity contribution is 7.94. The molecule has 0 aromatic carbocycles. The molecule has 0 bridgehead atoms. The van der Waals surface area contributed by atoms with E-state index in [1.807, 2.05) is 19.9 Å². The molecule has 0 aliphatic carbocycles. The van der Waals surface area contributed by atoms with E-state index < -0.39 is 10.0 Å². The van der Waals surface area contributed by atoms with Crippen molar-refractivity contribution in [2.45, 2.75) is 24.1 Å². The molecule has 0 saturated carbocycles. The average molecular weight is 296 g/mol. The van der Waals surface area contributed by atoms with E-state index in [0.717, 1.165) is 11.3 Å². The zero-order valence-corrected chi connectivity index (χ0v) is 12.0. The number of rotatable bonds is 4. The normalized spacial score (nSPS) is 11.5. The van der Waals surface area contributed by atoms with E-state index in [-0.39, 0.29) is 21.6 Å². The lowest BCUT2D eigenvalue weighted by molar-refractivity contribution is 0.534. The molecule has 6 nitrogen and oxygen atoms in total. The van der Waals surface area contributed by atoms with Crippen LogP contribution in [0, 0.1) is 11.3 Å². The summed E-state index contributed by atoms with van der Waals surface area (Å²) in [6.45, 7) is 3.79. The van der Waals surface area contributed by atoms with Gasteiger partial charge in [0.1, 0.15) is 15.8 Å². The van der Waals surface area contributed by atoms with Crippen molar-refractivity contribution >= 4 is 27.2 Å². The SMILES string of the molecule is CC(C)n1cc(C#N)c(NS(=O)(=O)c2cccs2)n1. The first-order valence-electron chi connectivity index (χ1n) is 5.49. The van der Waals surface area contributed by atoms with E-state index in [2.05, 4.69) is 9.82 Å². The molecule has 2 aromatic rings. The molecule has 2 rings (SSSR count). The van der Waals surface area contributed by atoms with Crippen LogP contribution < -0.4 is 4.72 Å². The molecule has 0 radical (unpaired) electrons. The van der Waals surface area contributed by atoms with E-state index in [4.69, 9.17) is 5.26 Å². The van der Waals surface area contributed by atoms with Crippen LogP contribution in [0.4, 0.5) is 5.82 Å². The Morgan fingerprint density at radius 3 is 2.79 bits per heavy atom. The summed E-state index contributed by atoms with van der Waals surface area (Å²) in [5.74, 6) is 0.0598. The van der Waals surface area contributed by atoms with Crippen molar-refractivity contribution in [2.75, 3.05) is 4.72 Å². The lowest BCUT2D eigenvalue weighted by Crippen LogP contribution is -2.13. The minimum Gasteiger partial charge on any atom is -0.267 e. The molecule has 1 N–H and O–H groups in total. The fourth-order valence-electron chi connectivity index (χ4n) is 1.41. The first-order chi connectivity index (χ1) is 8.94. The van der Waals surface area contributed by atoms with Gasteiger partial charge in [-0.25, -0.2) is 8.42 Å². The molecule has 0 spiro atoms. The number of aromatic nitrogens is 2. The lowest BCUT2D eigenvalue weighted by Gasteiger charge is -2.05. The van der Waals surface area contributed by atoms with Crippen molar-refractivity contribution in [3.8, 4) is 6.07 Å². The van der Waals surface area contributed by atoms with E-state index >= 15 is 0 Å². The maximum absolute atomic E-state index is 12.1. The summed E-state index contributed by atoms with van der Waals surface area (Å²) in [6.07, 6.45) is 1.52. The number of anilines is 1. The van der Waals surface area contributed by atoms with Crippen molar-refractivity contribution in [3.63, 3.8) is 0 Å². The van der Waals surface area contributed by atoms with Gasteiger partial charge in [-0.3, -0.25) is 9.40 Å². The Morgan fingerprint density at radius 1 is 1.53 bits per heavy atom. The molecule has 8 heteroatoms. The molecule has 0 amide bonds. The second-order valence-electron chi connectivity index (χ2n) is 4.11. The Morgan fingerprint density at radius 2 is 2.26 bits per heavy atom. The number of nitriles is 1. The monoisotopic (exact) mass is 296 g/mol. The van der Waals surface area contributed by atoms with Gasteiger partial charge in [0, 0.05) is 12.2 Å². The summed E-state index contributed by atoms with van der Waals surface area (Å²) >= 11 is 1.11. The van der Waals surface area contributed by atoms with Gasteiger partial charge >= 0.3 is 0 Å². The molecular weight excluding hydrogens is 284 g/mol. The van der Waals surface area contributed by atoms with E-state index in [1.165, 1.54) is 12.3 Å². The zero-order chi connectivity index (χ0) is 14.0. The Kier molecular flexibility index (Phi) is 3.59. The third-order valence-electron chi connectivity index (χ3n) is 2.37. The summed E-state index contributed by atoms with van der Waals surface area (Å²) in [7, 11) is -3.67. The van der Waals surface area contributed by atoms with Crippen LogP contribution >= 0.6 is 11.3 Å². The van der Waals surface area contributed by atoms with Gasteiger partial charge in [-0.1, -0.05) is 6.07 Å². The third kappa shape index (κ3) is 2.77. The number of thiophene rings is 1. The van der Waals surface area contributed by atoms with Crippen LogP contribution in [0.25, 0.3) is 0 Å². The molecular formula is C11H12N4O2S2. The van der Waals surface area contributed by atoms with Crippen LogP contribution in [0.5, 0.6) is 0 Å². The van der Waals surface area contributed by atoms with Gasteiger partial charge in [0.2, 0.25) is 0 Å². The van der Waals surface area contributed by atoms with Crippen LogP contribution in [-0.4, -0.2) is 18.2 Å². The van der Waals surface area contributed by atoms with Gasteiger partial charge in [0.25, 0.3) is 10.0 Å². The van der Waals surface area contributed by atoms with Crippen LogP contribution in [0.15, 0.2) is 27.9 Å². The number of nitrogens with zero attached hydrogens (tertiary/aromatic N) is 3. The maximum Gasteiger partial charge on any atom is 0.272 e.